The lowest BCUT2D eigenvalue weighted by Gasteiger charge is -2.22. The predicted molar refractivity (Wildman–Crippen MR) is 57.8 cm³/mol. The highest BCUT2D eigenvalue weighted by Crippen LogP contribution is 2.41. The third-order valence-corrected chi connectivity index (χ3v) is 2.35. The topological polar surface area (TPSA) is 66.8 Å². The first-order valence-corrected chi connectivity index (χ1v) is 6.08. The fraction of sp³-hybridized carbons (Fsp3) is 0.400. The van der Waals surface area contributed by atoms with Crippen LogP contribution in [0.5, 0.6) is 5.75 Å². The number of phosphoric ester groups is 1. The minimum atomic E-state index is -4.48. The maximum absolute atomic E-state index is 10.8. The Morgan fingerprint density at radius 2 is 1.73 bits per heavy atom. The minimum absolute atomic E-state index is 0.217. The smallest absolute Gasteiger partial charge is 0.404 e. The molecule has 0 saturated heterocycles. The summed E-state index contributed by atoms with van der Waals surface area (Å²) in [4.78, 5) is 17.5. The summed E-state index contributed by atoms with van der Waals surface area (Å²) in [5.74, 6) is 0.235. The molecule has 0 heterocycles. The number of phosphoric acid groups is 1. The van der Waals surface area contributed by atoms with Gasteiger partial charge in [0.1, 0.15) is 5.75 Å². The maximum atomic E-state index is 10.8. The van der Waals surface area contributed by atoms with Crippen molar-refractivity contribution in [3.8, 4) is 5.75 Å². The van der Waals surface area contributed by atoms with Gasteiger partial charge in [-0.1, -0.05) is 39.0 Å². The molecule has 0 radical (unpaired) electrons. The number of hydrogen-bond donors (Lipinski definition) is 2. The Morgan fingerprint density at radius 1 is 1.20 bits per heavy atom. The van der Waals surface area contributed by atoms with Crippen LogP contribution in [0.4, 0.5) is 0 Å². The summed E-state index contributed by atoms with van der Waals surface area (Å²) >= 11 is 0. The van der Waals surface area contributed by atoms with Gasteiger partial charge in [0.2, 0.25) is 0 Å². The molecule has 2 N–H and O–H groups in total. The van der Waals surface area contributed by atoms with E-state index in [2.05, 4.69) is 4.52 Å². The molecule has 0 aliphatic heterocycles. The molecule has 0 unspecified atom stereocenters. The predicted octanol–water partition coefficient (Wildman–Crippen LogP) is 2.46. The summed E-state index contributed by atoms with van der Waals surface area (Å²) < 4.78 is 15.4. The lowest BCUT2D eigenvalue weighted by Crippen LogP contribution is -2.12. The summed E-state index contributed by atoms with van der Waals surface area (Å²) in [5, 5.41) is 0. The van der Waals surface area contributed by atoms with Gasteiger partial charge in [-0.25, -0.2) is 4.57 Å². The van der Waals surface area contributed by atoms with Crippen molar-refractivity contribution in [2.45, 2.75) is 26.2 Å². The first-order chi connectivity index (χ1) is 6.70. The van der Waals surface area contributed by atoms with Crippen molar-refractivity contribution in [2.75, 3.05) is 0 Å². The Kier molecular flexibility index (Phi) is 3.24. The Morgan fingerprint density at radius 3 is 2.20 bits per heavy atom. The van der Waals surface area contributed by atoms with Crippen molar-refractivity contribution in [1.82, 2.24) is 0 Å². The SMILES string of the molecule is CC(C)(C)c1ccccc1OP(=O)(O)O. The summed E-state index contributed by atoms with van der Waals surface area (Å²) in [6.07, 6.45) is 0. The van der Waals surface area contributed by atoms with Gasteiger partial charge >= 0.3 is 7.82 Å². The zero-order valence-electron chi connectivity index (χ0n) is 8.97. The number of para-hydroxylation sites is 1. The average Bonchev–Trinajstić information content (AvgIpc) is 1.99. The van der Waals surface area contributed by atoms with E-state index in [0.29, 0.717) is 0 Å². The van der Waals surface area contributed by atoms with E-state index in [4.69, 9.17) is 9.79 Å². The van der Waals surface area contributed by atoms with Gasteiger partial charge in [0.05, 0.1) is 0 Å². The normalized spacial score (nSPS) is 12.6. The van der Waals surface area contributed by atoms with E-state index in [1.165, 1.54) is 0 Å². The van der Waals surface area contributed by atoms with Crippen LogP contribution in [0.1, 0.15) is 26.3 Å². The second-order valence-corrected chi connectivity index (χ2v) is 5.49. The molecule has 0 spiro atoms. The molecule has 0 aliphatic carbocycles. The van der Waals surface area contributed by atoms with Crippen LogP contribution in [0.2, 0.25) is 0 Å². The lowest BCUT2D eigenvalue weighted by molar-refractivity contribution is 0.281. The molecule has 1 aromatic carbocycles. The largest absolute Gasteiger partial charge is 0.524 e. The van der Waals surface area contributed by atoms with Crippen molar-refractivity contribution in [3.05, 3.63) is 29.8 Å². The summed E-state index contributed by atoms with van der Waals surface area (Å²) in [7, 11) is -4.48. The second-order valence-electron chi connectivity index (χ2n) is 4.33. The highest BCUT2D eigenvalue weighted by Gasteiger charge is 2.23. The van der Waals surface area contributed by atoms with Crippen LogP contribution in [0.25, 0.3) is 0 Å². The quantitative estimate of drug-likeness (QED) is 0.766. The van der Waals surface area contributed by atoms with Gasteiger partial charge < -0.3 is 4.52 Å². The van der Waals surface area contributed by atoms with Crippen molar-refractivity contribution in [1.29, 1.82) is 0 Å². The van der Waals surface area contributed by atoms with E-state index in [1.54, 1.807) is 18.2 Å². The summed E-state index contributed by atoms with van der Waals surface area (Å²) in [5.41, 5.74) is 0.555. The van der Waals surface area contributed by atoms with Gasteiger partial charge in [0.25, 0.3) is 0 Å². The van der Waals surface area contributed by atoms with Gasteiger partial charge in [-0.3, -0.25) is 9.79 Å². The summed E-state index contributed by atoms with van der Waals surface area (Å²) in [6, 6.07) is 6.85. The molecule has 5 heteroatoms. The van der Waals surface area contributed by atoms with Gasteiger partial charge in [-0.15, -0.1) is 0 Å². The molecule has 0 amide bonds. The third kappa shape index (κ3) is 3.67. The van der Waals surface area contributed by atoms with Crippen molar-refractivity contribution >= 4 is 7.82 Å². The molecule has 0 aromatic heterocycles. The minimum Gasteiger partial charge on any atom is -0.404 e. The van der Waals surface area contributed by atoms with E-state index in [1.807, 2.05) is 26.8 Å². The van der Waals surface area contributed by atoms with Gasteiger partial charge in [-0.05, 0) is 11.5 Å². The standard InChI is InChI=1S/C10H15O4P/c1-10(2,3)8-6-4-5-7-9(8)14-15(11,12)13/h4-7H,1-3H3,(H2,11,12,13). The van der Waals surface area contributed by atoms with Crippen LogP contribution in [0, 0.1) is 0 Å². The second kappa shape index (κ2) is 3.97. The maximum Gasteiger partial charge on any atom is 0.524 e. The number of rotatable bonds is 2. The molecule has 1 aromatic rings. The van der Waals surface area contributed by atoms with E-state index in [9.17, 15) is 4.57 Å². The zero-order chi connectivity index (χ0) is 11.7. The van der Waals surface area contributed by atoms with E-state index in [-0.39, 0.29) is 11.2 Å². The van der Waals surface area contributed by atoms with Crippen molar-refractivity contribution in [3.63, 3.8) is 0 Å². The Labute approximate surface area is 89.1 Å². The van der Waals surface area contributed by atoms with Crippen LogP contribution < -0.4 is 4.52 Å². The van der Waals surface area contributed by atoms with Gasteiger partial charge in [-0.2, -0.15) is 0 Å². The zero-order valence-corrected chi connectivity index (χ0v) is 9.86. The molecule has 84 valence electrons. The fourth-order valence-electron chi connectivity index (χ4n) is 1.29. The van der Waals surface area contributed by atoms with E-state index < -0.39 is 7.82 Å². The highest BCUT2D eigenvalue weighted by atomic mass is 31.2. The molecule has 1 rings (SSSR count). The Bertz CT molecular complexity index is 389. The molecular formula is C10H15O4P. The Hall–Kier alpha value is -0.830. The molecule has 0 fully saturated rings. The van der Waals surface area contributed by atoms with Crippen LogP contribution in [-0.2, 0) is 9.98 Å². The van der Waals surface area contributed by atoms with Crippen molar-refractivity contribution < 1.29 is 18.9 Å². The number of hydrogen-bond acceptors (Lipinski definition) is 2. The van der Waals surface area contributed by atoms with Crippen LogP contribution >= 0.6 is 7.82 Å². The highest BCUT2D eigenvalue weighted by molar-refractivity contribution is 7.46. The molecule has 0 aliphatic rings. The summed E-state index contributed by atoms with van der Waals surface area (Å²) in [6.45, 7) is 5.86. The molecule has 15 heavy (non-hydrogen) atoms. The van der Waals surface area contributed by atoms with Crippen molar-refractivity contribution in [2.24, 2.45) is 0 Å². The fourth-order valence-corrected chi connectivity index (χ4v) is 1.71. The lowest BCUT2D eigenvalue weighted by atomic mass is 9.86. The first kappa shape index (κ1) is 12.2. The molecule has 0 saturated carbocycles. The van der Waals surface area contributed by atoms with Crippen LogP contribution in [0.3, 0.4) is 0 Å². The molecular weight excluding hydrogens is 215 g/mol. The van der Waals surface area contributed by atoms with E-state index in [0.717, 1.165) is 5.56 Å². The monoisotopic (exact) mass is 230 g/mol. The molecule has 4 nitrogen and oxygen atoms in total. The first-order valence-electron chi connectivity index (χ1n) is 4.55. The van der Waals surface area contributed by atoms with Gasteiger partial charge in [0.15, 0.2) is 0 Å². The van der Waals surface area contributed by atoms with E-state index >= 15 is 0 Å². The number of benzene rings is 1. The molecule has 0 bridgehead atoms. The Balaban J connectivity index is 3.14. The van der Waals surface area contributed by atoms with Crippen LogP contribution in [0.15, 0.2) is 24.3 Å². The van der Waals surface area contributed by atoms with Crippen LogP contribution in [-0.4, -0.2) is 9.79 Å². The third-order valence-electron chi connectivity index (χ3n) is 1.91. The average molecular weight is 230 g/mol. The molecule has 0 atom stereocenters. The van der Waals surface area contributed by atoms with Gasteiger partial charge in [0, 0.05) is 5.56 Å².